The highest BCUT2D eigenvalue weighted by Gasteiger charge is 2.21. The van der Waals surface area contributed by atoms with E-state index in [2.05, 4.69) is 240 Å². The first-order valence-electron chi connectivity index (χ1n) is 22.7. The molecule has 0 saturated carbocycles. The standard InChI is InChI=1S/C63H42N2O/c1-2-15-42(16-3-1)43-31-36-48(37-32-43)64(49-38-33-45(34-39-49)51-24-14-27-55-53-22-8-11-30-60(53)66-63(51)55)41-47-18-5-9-28-57(47)65-58-29-10-7-23-56(58)62-59(65)40-35-46-20-13-26-54(61(46)62)52-25-12-19-44-17-4-6-21-50(44)52/h1-40H,41H2. The molecule has 0 atom stereocenters. The van der Waals surface area contributed by atoms with Crippen LogP contribution in [0.2, 0.25) is 0 Å². The highest BCUT2D eigenvalue weighted by Crippen LogP contribution is 2.44. The van der Waals surface area contributed by atoms with Crippen LogP contribution in [0.5, 0.6) is 0 Å². The molecule has 0 aliphatic heterocycles. The van der Waals surface area contributed by atoms with Crippen molar-refractivity contribution in [2.75, 3.05) is 4.90 Å². The monoisotopic (exact) mass is 842 g/mol. The van der Waals surface area contributed by atoms with Crippen LogP contribution in [0.4, 0.5) is 11.4 Å². The lowest BCUT2D eigenvalue weighted by molar-refractivity contribution is 0.670. The Hall–Kier alpha value is -8.66. The van der Waals surface area contributed by atoms with Gasteiger partial charge in [-0.15, -0.1) is 0 Å². The Morgan fingerprint density at radius 1 is 0.348 bits per heavy atom. The normalized spacial score (nSPS) is 11.7. The molecule has 66 heavy (non-hydrogen) atoms. The third kappa shape index (κ3) is 6.20. The summed E-state index contributed by atoms with van der Waals surface area (Å²) in [4.78, 5) is 2.45. The van der Waals surface area contributed by atoms with E-state index >= 15 is 0 Å². The van der Waals surface area contributed by atoms with Crippen molar-refractivity contribution in [2.45, 2.75) is 6.54 Å². The largest absolute Gasteiger partial charge is 0.455 e. The van der Waals surface area contributed by atoms with E-state index in [4.69, 9.17) is 4.42 Å². The molecule has 13 aromatic rings. The van der Waals surface area contributed by atoms with E-state index < -0.39 is 0 Å². The van der Waals surface area contributed by atoms with Crippen molar-refractivity contribution in [3.63, 3.8) is 0 Å². The minimum absolute atomic E-state index is 0.641. The molecule has 0 radical (unpaired) electrons. The summed E-state index contributed by atoms with van der Waals surface area (Å²) in [6.07, 6.45) is 0. The molecule has 2 heterocycles. The van der Waals surface area contributed by atoms with Crippen LogP contribution in [0.1, 0.15) is 5.56 Å². The van der Waals surface area contributed by atoms with Crippen molar-refractivity contribution >= 4 is 76.7 Å². The molecule has 0 aliphatic rings. The lowest BCUT2D eigenvalue weighted by Gasteiger charge is -2.27. The quantitative estimate of drug-likeness (QED) is 0.152. The molecule has 3 nitrogen and oxygen atoms in total. The van der Waals surface area contributed by atoms with Gasteiger partial charge in [0.2, 0.25) is 0 Å². The van der Waals surface area contributed by atoms with Gasteiger partial charge in [-0.3, -0.25) is 0 Å². The van der Waals surface area contributed by atoms with E-state index in [-0.39, 0.29) is 0 Å². The van der Waals surface area contributed by atoms with Gasteiger partial charge in [0.05, 0.1) is 23.3 Å². The topological polar surface area (TPSA) is 21.3 Å². The van der Waals surface area contributed by atoms with E-state index in [1.165, 1.54) is 71.2 Å². The molecule has 0 unspecified atom stereocenters. The summed E-state index contributed by atoms with van der Waals surface area (Å²) in [5.74, 6) is 0. The van der Waals surface area contributed by atoms with Crippen LogP contribution >= 0.6 is 0 Å². The summed E-state index contributed by atoms with van der Waals surface area (Å²) in [6.45, 7) is 0.641. The maximum atomic E-state index is 6.48. The molecular formula is C63H42N2O. The van der Waals surface area contributed by atoms with Gasteiger partial charge in [-0.25, -0.2) is 0 Å². The second kappa shape index (κ2) is 15.5. The number of hydrogen-bond donors (Lipinski definition) is 0. The summed E-state index contributed by atoms with van der Waals surface area (Å²) < 4.78 is 8.97. The third-order valence-electron chi connectivity index (χ3n) is 13.5. The minimum atomic E-state index is 0.641. The first-order valence-corrected chi connectivity index (χ1v) is 22.7. The number of rotatable bonds is 8. The first-order chi connectivity index (χ1) is 32.7. The summed E-state index contributed by atoms with van der Waals surface area (Å²) in [5, 5.41) is 9.78. The number of nitrogens with zero attached hydrogens (tertiary/aromatic N) is 2. The molecule has 0 bridgehead atoms. The Labute approximate surface area is 382 Å². The maximum absolute atomic E-state index is 6.48. The SMILES string of the molecule is c1ccc(-c2ccc(N(Cc3ccccc3-n3c4ccccc4c4c5c(-c6cccc7ccccc67)cccc5ccc43)c3ccc(-c4cccc5c4oc4ccccc45)cc3)cc2)cc1. The number of benzene rings is 11. The number of para-hydroxylation sites is 4. The van der Waals surface area contributed by atoms with Gasteiger partial charge < -0.3 is 13.9 Å². The van der Waals surface area contributed by atoms with Crippen LogP contribution in [0.3, 0.4) is 0 Å². The molecule has 0 amide bonds. The van der Waals surface area contributed by atoms with Crippen molar-refractivity contribution in [3.05, 3.63) is 248 Å². The fourth-order valence-corrected chi connectivity index (χ4v) is 10.4. The van der Waals surface area contributed by atoms with E-state index in [0.29, 0.717) is 6.54 Å². The number of hydrogen-bond acceptors (Lipinski definition) is 2. The van der Waals surface area contributed by atoms with Crippen LogP contribution in [0.15, 0.2) is 247 Å². The molecule has 11 aromatic carbocycles. The fourth-order valence-electron chi connectivity index (χ4n) is 10.4. The van der Waals surface area contributed by atoms with Crippen LogP contribution in [0, 0.1) is 0 Å². The van der Waals surface area contributed by atoms with Crippen LogP contribution in [-0.2, 0) is 6.54 Å². The second-order valence-corrected chi connectivity index (χ2v) is 17.2. The molecule has 0 N–H and O–H groups in total. The maximum Gasteiger partial charge on any atom is 0.143 e. The van der Waals surface area contributed by atoms with Gasteiger partial charge in [-0.1, -0.05) is 194 Å². The summed E-state index contributed by atoms with van der Waals surface area (Å²) in [7, 11) is 0. The Morgan fingerprint density at radius 2 is 0.939 bits per heavy atom. The first kappa shape index (κ1) is 37.9. The summed E-state index contributed by atoms with van der Waals surface area (Å²) in [5.41, 5.74) is 15.9. The van der Waals surface area contributed by atoms with Gasteiger partial charge in [0.15, 0.2) is 0 Å². The van der Waals surface area contributed by atoms with Crippen molar-refractivity contribution < 1.29 is 4.42 Å². The smallest absolute Gasteiger partial charge is 0.143 e. The van der Waals surface area contributed by atoms with Gasteiger partial charge in [0.1, 0.15) is 11.2 Å². The molecule has 0 saturated heterocycles. The molecule has 13 rings (SSSR count). The fraction of sp³-hybridized carbons (Fsp3) is 0.0159. The zero-order valence-corrected chi connectivity index (χ0v) is 36.1. The number of anilines is 2. The van der Waals surface area contributed by atoms with E-state index in [0.717, 1.165) is 50.1 Å². The van der Waals surface area contributed by atoms with Crippen LogP contribution < -0.4 is 4.90 Å². The van der Waals surface area contributed by atoms with Gasteiger partial charge in [-0.2, -0.15) is 0 Å². The molecular weight excluding hydrogens is 801 g/mol. The van der Waals surface area contributed by atoms with E-state index in [9.17, 15) is 0 Å². The zero-order valence-electron chi connectivity index (χ0n) is 36.1. The van der Waals surface area contributed by atoms with Crippen molar-refractivity contribution in [1.82, 2.24) is 4.57 Å². The van der Waals surface area contributed by atoms with Gasteiger partial charge in [0, 0.05) is 38.5 Å². The van der Waals surface area contributed by atoms with Crippen LogP contribution in [0.25, 0.3) is 104 Å². The predicted molar refractivity (Wildman–Crippen MR) is 278 cm³/mol. The molecule has 0 spiro atoms. The van der Waals surface area contributed by atoms with E-state index in [1.54, 1.807) is 0 Å². The minimum Gasteiger partial charge on any atom is -0.455 e. The molecule has 0 aliphatic carbocycles. The zero-order chi connectivity index (χ0) is 43.6. The molecule has 310 valence electrons. The van der Waals surface area contributed by atoms with Crippen LogP contribution in [-0.4, -0.2) is 4.57 Å². The summed E-state index contributed by atoms with van der Waals surface area (Å²) in [6, 6.07) is 88.0. The Balaban J connectivity index is 0.967. The number of furan rings is 1. The van der Waals surface area contributed by atoms with E-state index in [1.807, 2.05) is 12.1 Å². The van der Waals surface area contributed by atoms with Gasteiger partial charge in [-0.05, 0) is 103 Å². The highest BCUT2D eigenvalue weighted by molar-refractivity contribution is 6.26. The van der Waals surface area contributed by atoms with Gasteiger partial charge >= 0.3 is 0 Å². The third-order valence-corrected chi connectivity index (χ3v) is 13.5. The lowest BCUT2D eigenvalue weighted by Crippen LogP contribution is -2.18. The number of aromatic nitrogens is 1. The Morgan fingerprint density at radius 3 is 1.77 bits per heavy atom. The predicted octanol–water partition coefficient (Wildman–Crippen LogP) is 17.3. The second-order valence-electron chi connectivity index (χ2n) is 17.2. The molecule has 3 heteroatoms. The Kier molecular flexibility index (Phi) is 8.92. The van der Waals surface area contributed by atoms with Gasteiger partial charge in [0.25, 0.3) is 0 Å². The van der Waals surface area contributed by atoms with Crippen molar-refractivity contribution in [2.24, 2.45) is 0 Å². The van der Waals surface area contributed by atoms with Crippen molar-refractivity contribution in [3.8, 4) is 39.1 Å². The van der Waals surface area contributed by atoms with Crippen molar-refractivity contribution in [1.29, 1.82) is 0 Å². The summed E-state index contributed by atoms with van der Waals surface area (Å²) >= 11 is 0. The molecule has 2 aromatic heterocycles. The molecule has 0 fully saturated rings. The average molecular weight is 843 g/mol. The average Bonchev–Trinajstić information content (AvgIpc) is 3.94. The number of fused-ring (bicyclic) bond motifs is 9. The Bertz CT molecular complexity index is 3950. The lowest BCUT2D eigenvalue weighted by atomic mass is 9.92. The highest BCUT2D eigenvalue weighted by atomic mass is 16.3.